The number of rotatable bonds is 10. The van der Waals surface area contributed by atoms with Gasteiger partial charge in [-0.25, -0.2) is 0 Å². The maximum Gasteiger partial charge on any atom is 0.0300 e. The zero-order chi connectivity index (χ0) is 13.6. The predicted octanol–water partition coefficient (Wildman–Crippen LogP) is 3.65. The van der Waals surface area contributed by atoms with Crippen LogP contribution in [-0.4, -0.2) is 30.6 Å². The highest BCUT2D eigenvalue weighted by molar-refractivity contribution is 4.91. The maximum absolute atomic E-state index is 6.04. The van der Waals surface area contributed by atoms with Gasteiger partial charge in [-0.1, -0.05) is 46.0 Å². The minimum Gasteiger partial charge on any atom is -0.329 e. The summed E-state index contributed by atoms with van der Waals surface area (Å²) in [5.74, 6) is 1.87. The largest absolute Gasteiger partial charge is 0.329 e. The van der Waals surface area contributed by atoms with Crippen LogP contribution in [0.25, 0.3) is 0 Å². The summed E-state index contributed by atoms with van der Waals surface area (Å²) in [5, 5.41) is 0. The summed E-state index contributed by atoms with van der Waals surface area (Å²) in [5.41, 5.74) is 6.25. The van der Waals surface area contributed by atoms with Gasteiger partial charge in [-0.3, -0.25) is 4.90 Å². The second-order valence-electron chi connectivity index (χ2n) is 6.72. The molecule has 2 N–H and O–H groups in total. The van der Waals surface area contributed by atoms with Crippen LogP contribution in [0.15, 0.2) is 0 Å². The normalized spacial score (nSPS) is 26.3. The molecule has 1 aliphatic rings. The van der Waals surface area contributed by atoms with Crippen molar-refractivity contribution in [3.05, 3.63) is 0 Å². The van der Waals surface area contributed by atoms with E-state index in [-0.39, 0.29) is 5.54 Å². The van der Waals surface area contributed by atoms with Crippen LogP contribution in [0.2, 0.25) is 0 Å². The lowest BCUT2D eigenvalue weighted by molar-refractivity contribution is 0.123. The molecule has 2 heteroatoms. The summed E-state index contributed by atoms with van der Waals surface area (Å²) in [4.78, 5) is 2.53. The molecular formula is C16H34N2. The van der Waals surface area contributed by atoms with Gasteiger partial charge in [0.2, 0.25) is 0 Å². The summed E-state index contributed by atoms with van der Waals surface area (Å²) in [6.45, 7) is 9.01. The number of likely N-dealkylation sites (N-methyl/N-ethyl adjacent to an activating group) is 1. The Bertz CT molecular complexity index is 229. The SMILES string of the molecule is CCCCCCCC(C)(CN)N(C)CC1CC1C. The van der Waals surface area contributed by atoms with Crippen molar-refractivity contribution in [3.63, 3.8) is 0 Å². The molecule has 0 radical (unpaired) electrons. The molecule has 108 valence electrons. The first-order chi connectivity index (χ1) is 8.53. The highest BCUT2D eigenvalue weighted by atomic mass is 15.2. The van der Waals surface area contributed by atoms with E-state index >= 15 is 0 Å². The minimum atomic E-state index is 0.217. The first kappa shape index (κ1) is 16.0. The summed E-state index contributed by atoms with van der Waals surface area (Å²) < 4.78 is 0. The molecule has 1 rings (SSSR count). The van der Waals surface area contributed by atoms with Crippen molar-refractivity contribution >= 4 is 0 Å². The van der Waals surface area contributed by atoms with Gasteiger partial charge in [0.25, 0.3) is 0 Å². The van der Waals surface area contributed by atoms with Crippen molar-refractivity contribution < 1.29 is 0 Å². The van der Waals surface area contributed by atoms with Crippen LogP contribution >= 0.6 is 0 Å². The lowest BCUT2D eigenvalue weighted by Gasteiger charge is -2.38. The fourth-order valence-electron chi connectivity index (χ4n) is 2.78. The minimum absolute atomic E-state index is 0.217. The molecule has 18 heavy (non-hydrogen) atoms. The Morgan fingerprint density at radius 1 is 1.22 bits per heavy atom. The monoisotopic (exact) mass is 254 g/mol. The molecule has 1 saturated carbocycles. The van der Waals surface area contributed by atoms with E-state index in [1.54, 1.807) is 0 Å². The van der Waals surface area contributed by atoms with Gasteiger partial charge in [-0.2, -0.15) is 0 Å². The second kappa shape index (κ2) is 7.49. The molecule has 3 atom stereocenters. The molecule has 0 bridgehead atoms. The standard InChI is InChI=1S/C16H34N2/c1-5-6-7-8-9-10-16(3,13-17)18(4)12-15-11-14(15)2/h14-15H,5-13,17H2,1-4H3. The average molecular weight is 254 g/mol. The number of nitrogens with two attached hydrogens (primary N) is 1. The second-order valence-corrected chi connectivity index (χ2v) is 6.72. The fourth-order valence-corrected chi connectivity index (χ4v) is 2.78. The first-order valence-electron chi connectivity index (χ1n) is 7.94. The third-order valence-electron chi connectivity index (χ3n) is 4.96. The fraction of sp³-hybridized carbons (Fsp3) is 1.00. The maximum atomic E-state index is 6.04. The van der Waals surface area contributed by atoms with Crippen molar-refractivity contribution in [1.29, 1.82) is 0 Å². The smallest absolute Gasteiger partial charge is 0.0300 e. The Morgan fingerprint density at radius 2 is 1.83 bits per heavy atom. The van der Waals surface area contributed by atoms with E-state index in [0.717, 1.165) is 18.4 Å². The molecule has 0 aromatic rings. The third-order valence-corrected chi connectivity index (χ3v) is 4.96. The van der Waals surface area contributed by atoms with E-state index < -0.39 is 0 Å². The Balaban J connectivity index is 2.26. The van der Waals surface area contributed by atoms with E-state index in [1.165, 1.54) is 51.5 Å². The van der Waals surface area contributed by atoms with E-state index in [0.29, 0.717) is 0 Å². The van der Waals surface area contributed by atoms with Gasteiger partial charge < -0.3 is 5.73 Å². The molecule has 0 saturated heterocycles. The van der Waals surface area contributed by atoms with Crippen molar-refractivity contribution in [2.24, 2.45) is 17.6 Å². The Morgan fingerprint density at radius 3 is 2.33 bits per heavy atom. The van der Waals surface area contributed by atoms with Crippen LogP contribution in [0.3, 0.4) is 0 Å². The lowest BCUT2D eigenvalue weighted by Crippen LogP contribution is -2.50. The Hall–Kier alpha value is -0.0800. The molecule has 0 amide bonds. The van der Waals surface area contributed by atoms with Crippen LogP contribution < -0.4 is 5.73 Å². The summed E-state index contributed by atoms with van der Waals surface area (Å²) in [7, 11) is 2.27. The van der Waals surface area contributed by atoms with Crippen LogP contribution in [0.4, 0.5) is 0 Å². The molecule has 0 aromatic carbocycles. The highest BCUT2D eigenvalue weighted by Crippen LogP contribution is 2.39. The van der Waals surface area contributed by atoms with E-state index in [4.69, 9.17) is 5.73 Å². The number of hydrogen-bond acceptors (Lipinski definition) is 2. The summed E-state index contributed by atoms with van der Waals surface area (Å²) in [6, 6.07) is 0. The molecule has 0 aromatic heterocycles. The Labute approximate surface area is 114 Å². The molecule has 3 unspecified atom stereocenters. The van der Waals surface area contributed by atoms with Gasteiger partial charge >= 0.3 is 0 Å². The van der Waals surface area contributed by atoms with Crippen LogP contribution in [-0.2, 0) is 0 Å². The van der Waals surface area contributed by atoms with Gasteiger partial charge in [0.1, 0.15) is 0 Å². The van der Waals surface area contributed by atoms with Crippen LogP contribution in [0.5, 0.6) is 0 Å². The van der Waals surface area contributed by atoms with Gasteiger partial charge in [0, 0.05) is 18.6 Å². The number of nitrogens with zero attached hydrogens (tertiary/aromatic N) is 1. The van der Waals surface area contributed by atoms with Crippen molar-refractivity contribution in [2.45, 2.75) is 71.3 Å². The molecule has 1 fully saturated rings. The van der Waals surface area contributed by atoms with Crippen LogP contribution in [0, 0.1) is 11.8 Å². The van der Waals surface area contributed by atoms with Crippen molar-refractivity contribution in [1.82, 2.24) is 4.90 Å². The molecule has 1 aliphatic carbocycles. The molecule has 0 aliphatic heterocycles. The van der Waals surface area contributed by atoms with E-state index in [2.05, 4.69) is 32.7 Å². The quantitative estimate of drug-likeness (QED) is 0.603. The molecule has 2 nitrogen and oxygen atoms in total. The number of unbranched alkanes of at least 4 members (excludes halogenated alkanes) is 4. The molecular weight excluding hydrogens is 220 g/mol. The van der Waals surface area contributed by atoms with Crippen molar-refractivity contribution in [2.75, 3.05) is 20.1 Å². The van der Waals surface area contributed by atoms with E-state index in [1.807, 2.05) is 0 Å². The first-order valence-corrected chi connectivity index (χ1v) is 7.94. The van der Waals surface area contributed by atoms with Gasteiger partial charge in [0.05, 0.1) is 0 Å². The third kappa shape index (κ3) is 4.89. The van der Waals surface area contributed by atoms with Gasteiger partial charge in [0.15, 0.2) is 0 Å². The summed E-state index contributed by atoms with van der Waals surface area (Å²) in [6.07, 6.45) is 9.48. The van der Waals surface area contributed by atoms with Gasteiger partial charge in [-0.05, 0) is 38.6 Å². The highest BCUT2D eigenvalue weighted by Gasteiger charge is 2.37. The van der Waals surface area contributed by atoms with E-state index in [9.17, 15) is 0 Å². The summed E-state index contributed by atoms with van der Waals surface area (Å²) >= 11 is 0. The average Bonchev–Trinajstić information content (AvgIpc) is 3.04. The molecule has 0 heterocycles. The predicted molar refractivity (Wildman–Crippen MR) is 80.7 cm³/mol. The zero-order valence-electron chi connectivity index (χ0n) is 13.0. The zero-order valence-corrected chi connectivity index (χ0v) is 13.0. The van der Waals surface area contributed by atoms with Crippen LogP contribution in [0.1, 0.15) is 65.7 Å². The van der Waals surface area contributed by atoms with Gasteiger partial charge in [-0.15, -0.1) is 0 Å². The topological polar surface area (TPSA) is 29.3 Å². The molecule has 0 spiro atoms. The lowest BCUT2D eigenvalue weighted by atomic mass is 9.92. The Kier molecular flexibility index (Phi) is 6.65. The number of hydrogen-bond donors (Lipinski definition) is 1. The van der Waals surface area contributed by atoms with Crippen molar-refractivity contribution in [3.8, 4) is 0 Å².